The molecule has 1 aromatic carbocycles. The van der Waals surface area contributed by atoms with Crippen molar-refractivity contribution >= 4 is 5.97 Å². The molecule has 82 valence electrons. The van der Waals surface area contributed by atoms with Crippen LogP contribution in [0.25, 0.3) is 0 Å². The zero-order valence-corrected chi connectivity index (χ0v) is 9.28. The molecule has 3 heteroatoms. The highest BCUT2D eigenvalue weighted by Crippen LogP contribution is 2.13. The Labute approximate surface area is 89.7 Å². The van der Waals surface area contributed by atoms with Crippen molar-refractivity contribution in [1.29, 1.82) is 0 Å². The number of phenolic OH excluding ortho intramolecular Hbond substituents is 1. The summed E-state index contributed by atoms with van der Waals surface area (Å²) in [5.41, 5.74) is 0.385. The topological polar surface area (TPSA) is 46.5 Å². The van der Waals surface area contributed by atoms with Gasteiger partial charge in [-0.25, -0.2) is 0 Å². The zero-order chi connectivity index (χ0) is 11.5. The van der Waals surface area contributed by atoms with Crippen LogP contribution in [0.1, 0.15) is 26.3 Å². The van der Waals surface area contributed by atoms with Crippen LogP contribution in [0.3, 0.4) is 0 Å². The number of rotatable bonds is 2. The number of carbonyl (C=O) groups is 1. The number of ether oxygens (including phenoxy) is 1. The minimum absolute atomic E-state index is 0.197. The molecule has 1 rings (SSSR count). The van der Waals surface area contributed by atoms with Crippen LogP contribution in [0.5, 0.6) is 5.75 Å². The van der Waals surface area contributed by atoms with Crippen molar-refractivity contribution < 1.29 is 14.6 Å². The second-order valence-corrected chi connectivity index (χ2v) is 4.43. The molecule has 0 heterocycles. The SMILES string of the molecule is CC(C)(C)OC(=O)Cc1ccc(O)cc1. The Morgan fingerprint density at radius 1 is 1.27 bits per heavy atom. The first kappa shape index (κ1) is 11.6. The second kappa shape index (κ2) is 4.34. The number of carbonyl (C=O) groups excluding carboxylic acids is 1. The van der Waals surface area contributed by atoms with Gasteiger partial charge in [0, 0.05) is 0 Å². The minimum atomic E-state index is -0.450. The van der Waals surface area contributed by atoms with E-state index < -0.39 is 5.60 Å². The maximum Gasteiger partial charge on any atom is 0.310 e. The fourth-order valence-corrected chi connectivity index (χ4v) is 1.16. The van der Waals surface area contributed by atoms with E-state index in [0.717, 1.165) is 5.56 Å². The highest BCUT2D eigenvalue weighted by Gasteiger charge is 2.16. The van der Waals surface area contributed by atoms with Gasteiger partial charge in [-0.1, -0.05) is 12.1 Å². The van der Waals surface area contributed by atoms with Gasteiger partial charge in [0.05, 0.1) is 6.42 Å². The summed E-state index contributed by atoms with van der Waals surface area (Å²) in [4.78, 5) is 11.4. The van der Waals surface area contributed by atoms with Crippen molar-refractivity contribution in [2.45, 2.75) is 32.8 Å². The van der Waals surface area contributed by atoms with Crippen LogP contribution in [-0.4, -0.2) is 16.7 Å². The number of esters is 1. The minimum Gasteiger partial charge on any atom is -0.508 e. The molecule has 1 aromatic rings. The van der Waals surface area contributed by atoms with Gasteiger partial charge < -0.3 is 9.84 Å². The van der Waals surface area contributed by atoms with E-state index in [1.165, 1.54) is 0 Å². The van der Waals surface area contributed by atoms with Crippen molar-refractivity contribution in [3.8, 4) is 5.75 Å². The molecule has 0 saturated carbocycles. The number of phenols is 1. The van der Waals surface area contributed by atoms with Crippen molar-refractivity contribution in [2.24, 2.45) is 0 Å². The molecule has 0 fully saturated rings. The first-order valence-corrected chi connectivity index (χ1v) is 4.86. The zero-order valence-electron chi connectivity index (χ0n) is 9.28. The standard InChI is InChI=1S/C12H16O3/c1-12(2,3)15-11(14)8-9-4-6-10(13)7-5-9/h4-7,13H,8H2,1-3H3. The van der Waals surface area contributed by atoms with Gasteiger partial charge in [-0.3, -0.25) is 4.79 Å². The van der Waals surface area contributed by atoms with Crippen LogP contribution in [0.15, 0.2) is 24.3 Å². The molecule has 0 atom stereocenters. The Balaban J connectivity index is 2.55. The molecular weight excluding hydrogens is 192 g/mol. The van der Waals surface area contributed by atoms with Gasteiger partial charge in [0.1, 0.15) is 11.4 Å². The molecule has 15 heavy (non-hydrogen) atoms. The Kier molecular flexibility index (Phi) is 3.35. The van der Waals surface area contributed by atoms with Gasteiger partial charge >= 0.3 is 5.97 Å². The third-order valence-electron chi connectivity index (χ3n) is 1.70. The Morgan fingerprint density at radius 2 is 1.80 bits per heavy atom. The summed E-state index contributed by atoms with van der Waals surface area (Å²) < 4.78 is 5.17. The molecule has 0 radical (unpaired) electrons. The van der Waals surface area contributed by atoms with Gasteiger partial charge in [0.25, 0.3) is 0 Å². The molecule has 1 N–H and O–H groups in total. The summed E-state index contributed by atoms with van der Waals surface area (Å²) in [6.45, 7) is 5.51. The average molecular weight is 208 g/mol. The first-order valence-electron chi connectivity index (χ1n) is 4.86. The van der Waals surface area contributed by atoms with E-state index in [0.29, 0.717) is 0 Å². The molecule has 0 saturated heterocycles. The average Bonchev–Trinajstić information content (AvgIpc) is 2.05. The molecule has 0 bridgehead atoms. The Morgan fingerprint density at radius 3 is 2.27 bits per heavy atom. The van der Waals surface area contributed by atoms with Gasteiger partial charge in [-0.2, -0.15) is 0 Å². The van der Waals surface area contributed by atoms with Crippen LogP contribution in [0.4, 0.5) is 0 Å². The van der Waals surface area contributed by atoms with E-state index in [2.05, 4.69) is 0 Å². The number of hydrogen-bond acceptors (Lipinski definition) is 3. The summed E-state index contributed by atoms with van der Waals surface area (Å²) in [5, 5.41) is 9.06. The van der Waals surface area contributed by atoms with Crippen LogP contribution >= 0.6 is 0 Å². The van der Waals surface area contributed by atoms with Crippen LogP contribution in [-0.2, 0) is 16.0 Å². The lowest BCUT2D eigenvalue weighted by atomic mass is 10.1. The summed E-state index contributed by atoms with van der Waals surface area (Å²) in [7, 11) is 0. The molecule has 0 aromatic heterocycles. The van der Waals surface area contributed by atoms with Gasteiger partial charge in [-0.05, 0) is 38.5 Å². The molecule has 0 unspecified atom stereocenters. The second-order valence-electron chi connectivity index (χ2n) is 4.43. The summed E-state index contributed by atoms with van der Waals surface area (Å²) >= 11 is 0. The third kappa shape index (κ3) is 4.49. The fourth-order valence-electron chi connectivity index (χ4n) is 1.16. The van der Waals surface area contributed by atoms with E-state index in [4.69, 9.17) is 9.84 Å². The highest BCUT2D eigenvalue weighted by atomic mass is 16.6. The van der Waals surface area contributed by atoms with Gasteiger partial charge in [0.2, 0.25) is 0 Å². The summed E-state index contributed by atoms with van der Waals surface area (Å²) in [5.74, 6) is -0.0591. The molecular formula is C12H16O3. The van der Waals surface area contributed by atoms with E-state index >= 15 is 0 Å². The smallest absolute Gasteiger partial charge is 0.310 e. The van der Waals surface area contributed by atoms with Crippen molar-refractivity contribution in [3.63, 3.8) is 0 Å². The van der Waals surface area contributed by atoms with E-state index in [1.54, 1.807) is 24.3 Å². The number of aromatic hydroxyl groups is 1. The van der Waals surface area contributed by atoms with Crippen LogP contribution in [0, 0.1) is 0 Å². The van der Waals surface area contributed by atoms with E-state index in [9.17, 15) is 4.79 Å². The monoisotopic (exact) mass is 208 g/mol. The predicted molar refractivity (Wildman–Crippen MR) is 57.7 cm³/mol. The first-order chi connectivity index (χ1) is 6.87. The van der Waals surface area contributed by atoms with Crippen molar-refractivity contribution in [1.82, 2.24) is 0 Å². The van der Waals surface area contributed by atoms with Crippen LogP contribution < -0.4 is 0 Å². The van der Waals surface area contributed by atoms with Crippen molar-refractivity contribution in [3.05, 3.63) is 29.8 Å². The molecule has 0 aliphatic carbocycles. The molecule has 3 nitrogen and oxygen atoms in total. The van der Waals surface area contributed by atoms with Gasteiger partial charge in [0.15, 0.2) is 0 Å². The molecule has 0 spiro atoms. The number of benzene rings is 1. The highest BCUT2D eigenvalue weighted by molar-refractivity contribution is 5.73. The van der Waals surface area contributed by atoms with Gasteiger partial charge in [-0.15, -0.1) is 0 Å². The molecule has 0 aliphatic rings. The van der Waals surface area contributed by atoms with Crippen LogP contribution in [0.2, 0.25) is 0 Å². The lowest BCUT2D eigenvalue weighted by Gasteiger charge is -2.19. The third-order valence-corrected chi connectivity index (χ3v) is 1.70. The Bertz CT molecular complexity index is 333. The largest absolute Gasteiger partial charge is 0.508 e. The summed E-state index contributed by atoms with van der Waals surface area (Å²) in [6, 6.07) is 6.53. The Hall–Kier alpha value is -1.51. The lowest BCUT2D eigenvalue weighted by molar-refractivity contribution is -0.153. The summed E-state index contributed by atoms with van der Waals surface area (Å²) in [6.07, 6.45) is 0.234. The van der Waals surface area contributed by atoms with E-state index in [-0.39, 0.29) is 18.1 Å². The lowest BCUT2D eigenvalue weighted by Crippen LogP contribution is -2.24. The maximum atomic E-state index is 11.4. The molecule has 0 amide bonds. The quantitative estimate of drug-likeness (QED) is 0.758. The fraction of sp³-hybridized carbons (Fsp3) is 0.417. The predicted octanol–water partition coefficient (Wildman–Crippen LogP) is 2.28. The van der Waals surface area contributed by atoms with Crippen molar-refractivity contribution in [2.75, 3.05) is 0 Å². The number of hydrogen-bond donors (Lipinski definition) is 1. The molecule has 0 aliphatic heterocycles. The van der Waals surface area contributed by atoms with E-state index in [1.807, 2.05) is 20.8 Å². The maximum absolute atomic E-state index is 11.4. The normalized spacial score (nSPS) is 11.1.